The van der Waals surface area contributed by atoms with E-state index in [1.54, 1.807) is 18.1 Å². The summed E-state index contributed by atoms with van der Waals surface area (Å²) >= 11 is 0. The summed E-state index contributed by atoms with van der Waals surface area (Å²) in [5, 5.41) is 18.6. The summed E-state index contributed by atoms with van der Waals surface area (Å²) in [6, 6.07) is 9.38. The van der Waals surface area contributed by atoms with E-state index in [-0.39, 0.29) is 17.4 Å². The van der Waals surface area contributed by atoms with Crippen LogP contribution in [0.1, 0.15) is 75.5 Å². The first-order chi connectivity index (χ1) is 19.8. The van der Waals surface area contributed by atoms with Gasteiger partial charge >= 0.3 is 6.09 Å². The first-order valence-electron chi connectivity index (χ1n) is 14.6. The first kappa shape index (κ1) is 29.5. The monoisotopic (exact) mass is 574 g/mol. The highest BCUT2D eigenvalue weighted by atomic mass is 16.5. The van der Waals surface area contributed by atoms with Crippen LogP contribution in [0.15, 0.2) is 36.4 Å². The third-order valence-electron chi connectivity index (χ3n) is 8.53. The van der Waals surface area contributed by atoms with Gasteiger partial charge in [-0.15, -0.1) is 0 Å². The predicted molar refractivity (Wildman–Crippen MR) is 164 cm³/mol. The van der Waals surface area contributed by atoms with E-state index >= 15 is 0 Å². The van der Waals surface area contributed by atoms with Gasteiger partial charge in [0.1, 0.15) is 17.1 Å². The molecule has 2 N–H and O–H groups in total. The largest absolute Gasteiger partial charge is 0.495 e. The van der Waals surface area contributed by atoms with E-state index in [1.807, 2.05) is 61.9 Å². The van der Waals surface area contributed by atoms with E-state index in [0.29, 0.717) is 35.2 Å². The Morgan fingerprint density at radius 1 is 1.21 bits per heavy atom. The normalized spacial score (nSPS) is 19.7. The number of rotatable bonds is 6. The van der Waals surface area contributed by atoms with Gasteiger partial charge in [0.15, 0.2) is 0 Å². The molecule has 224 valence electrons. The lowest BCUT2D eigenvalue weighted by molar-refractivity contribution is 0.0381. The Morgan fingerprint density at radius 2 is 1.98 bits per heavy atom. The number of piperidine rings is 1. The van der Waals surface area contributed by atoms with Crippen LogP contribution in [0.25, 0.3) is 17.0 Å². The van der Waals surface area contributed by atoms with E-state index < -0.39 is 11.7 Å². The molecule has 3 heterocycles. The summed E-state index contributed by atoms with van der Waals surface area (Å²) < 4.78 is 13.7. The Morgan fingerprint density at radius 3 is 2.67 bits per heavy atom. The maximum atomic E-state index is 13.4. The fourth-order valence-electron chi connectivity index (χ4n) is 6.27. The molecule has 1 fully saturated rings. The van der Waals surface area contributed by atoms with Crippen LogP contribution in [0.2, 0.25) is 0 Å². The third-order valence-corrected chi connectivity index (χ3v) is 8.53. The Labute approximate surface area is 247 Å². The maximum Gasteiger partial charge on any atom is 0.407 e. The molecule has 42 heavy (non-hydrogen) atoms. The number of nitrogens with one attached hydrogen (secondary N) is 1. The number of carboxylic acid groups (broad SMARTS) is 1. The number of hydrogen-bond donors (Lipinski definition) is 2. The summed E-state index contributed by atoms with van der Waals surface area (Å²) in [6.07, 6.45) is 5.66. The second-order valence-electron chi connectivity index (χ2n) is 13.1. The number of amides is 2. The van der Waals surface area contributed by atoms with Gasteiger partial charge in [-0.25, -0.2) is 4.79 Å². The molecular formula is C33H42N4O5. The molecule has 9 heteroatoms. The molecule has 2 amide bonds. The van der Waals surface area contributed by atoms with Crippen molar-refractivity contribution in [3.63, 3.8) is 0 Å². The van der Waals surface area contributed by atoms with Gasteiger partial charge in [0, 0.05) is 30.2 Å². The second-order valence-corrected chi connectivity index (χ2v) is 13.1. The number of aromatic nitrogens is 2. The zero-order chi connectivity index (χ0) is 30.4. The molecule has 3 aromatic rings. The van der Waals surface area contributed by atoms with Crippen molar-refractivity contribution in [1.82, 2.24) is 14.7 Å². The van der Waals surface area contributed by atoms with Crippen molar-refractivity contribution in [2.24, 2.45) is 11.3 Å². The maximum absolute atomic E-state index is 13.4. The molecule has 0 bridgehead atoms. The predicted octanol–water partition coefficient (Wildman–Crippen LogP) is 6.98. The van der Waals surface area contributed by atoms with Gasteiger partial charge in [-0.1, -0.05) is 20.8 Å². The average Bonchev–Trinajstić information content (AvgIpc) is 3.24. The highest BCUT2D eigenvalue weighted by molar-refractivity contribution is 6.08. The summed E-state index contributed by atoms with van der Waals surface area (Å²) in [5.41, 5.74) is 3.18. The van der Waals surface area contributed by atoms with E-state index in [4.69, 9.17) is 14.6 Å². The van der Waals surface area contributed by atoms with Gasteiger partial charge in [0.25, 0.3) is 5.91 Å². The Hall–Kier alpha value is -4.01. The Kier molecular flexibility index (Phi) is 7.72. The van der Waals surface area contributed by atoms with Crippen LogP contribution in [0.3, 0.4) is 0 Å². The standard InChI is InChI=1S/C33H42N4O5/c1-20-23-9-8-22(34-30(38)25-10-11-27-24(29(25)41-7)12-15-33(5,6)42-27)19-26(23)37(35-20)17-14-21-13-16-36(31(39)40)28(18-21)32(2,3)4/h8-12,15,19,21,28H,13-14,16-18H2,1-7H3,(H,34,38)(H,39,40). The number of ether oxygens (including phenoxy) is 2. The molecular weight excluding hydrogens is 532 g/mol. The molecule has 1 saturated heterocycles. The van der Waals surface area contributed by atoms with Crippen LogP contribution in [0.5, 0.6) is 11.5 Å². The van der Waals surface area contributed by atoms with Crippen LogP contribution in [-0.4, -0.2) is 57.1 Å². The molecule has 2 aromatic carbocycles. The highest BCUT2D eigenvalue weighted by Gasteiger charge is 2.38. The molecule has 9 nitrogen and oxygen atoms in total. The molecule has 2 aliphatic heterocycles. The number of likely N-dealkylation sites (tertiary alicyclic amines) is 1. The van der Waals surface area contributed by atoms with Crippen LogP contribution in [0, 0.1) is 18.3 Å². The minimum absolute atomic E-state index is 0.0132. The van der Waals surface area contributed by atoms with Crippen molar-refractivity contribution in [2.45, 2.75) is 79.0 Å². The number of aryl methyl sites for hydroxylation is 2. The quantitative estimate of drug-likeness (QED) is 0.329. The number of carbonyl (C=O) groups excluding carboxylic acids is 1. The van der Waals surface area contributed by atoms with Crippen molar-refractivity contribution in [3.8, 4) is 11.5 Å². The van der Waals surface area contributed by atoms with E-state index in [0.717, 1.165) is 48.0 Å². The highest BCUT2D eigenvalue weighted by Crippen LogP contribution is 2.40. The van der Waals surface area contributed by atoms with Crippen LogP contribution in [-0.2, 0) is 6.54 Å². The minimum atomic E-state index is -0.835. The van der Waals surface area contributed by atoms with E-state index in [1.165, 1.54) is 0 Å². The number of carbonyl (C=O) groups is 2. The number of anilines is 1. The first-order valence-corrected chi connectivity index (χ1v) is 14.6. The molecule has 2 atom stereocenters. The molecule has 2 unspecified atom stereocenters. The molecule has 0 spiro atoms. The summed E-state index contributed by atoms with van der Waals surface area (Å²) in [5.74, 6) is 1.29. The fraction of sp³-hybridized carbons (Fsp3) is 0.485. The molecule has 2 aliphatic rings. The number of fused-ring (bicyclic) bond motifs is 2. The Bertz CT molecular complexity index is 1550. The summed E-state index contributed by atoms with van der Waals surface area (Å²) in [6.45, 7) is 13.6. The lowest BCUT2D eigenvalue weighted by atomic mass is 9.76. The molecule has 0 radical (unpaired) electrons. The van der Waals surface area contributed by atoms with Crippen LogP contribution < -0.4 is 14.8 Å². The third kappa shape index (κ3) is 5.82. The van der Waals surface area contributed by atoms with Crippen molar-refractivity contribution < 1.29 is 24.2 Å². The molecule has 1 aromatic heterocycles. The summed E-state index contributed by atoms with van der Waals surface area (Å²) in [7, 11) is 1.56. The van der Waals surface area contributed by atoms with Gasteiger partial charge in [-0.05, 0) is 93.9 Å². The SMILES string of the molecule is COc1c(C(=O)Nc2ccc3c(C)nn(CCC4CCN(C(=O)O)C(C(C)(C)C)C4)c3c2)ccc2c1C=CC(C)(C)O2. The van der Waals surface area contributed by atoms with Crippen molar-refractivity contribution in [1.29, 1.82) is 0 Å². The number of nitrogens with zero attached hydrogens (tertiary/aromatic N) is 3. The smallest absolute Gasteiger partial charge is 0.407 e. The molecule has 0 saturated carbocycles. The van der Waals surface area contributed by atoms with Crippen LogP contribution >= 0.6 is 0 Å². The number of hydrogen-bond acceptors (Lipinski definition) is 5. The van der Waals surface area contributed by atoms with Crippen molar-refractivity contribution >= 4 is 34.7 Å². The van der Waals surface area contributed by atoms with Gasteiger partial charge in [0.2, 0.25) is 0 Å². The lowest BCUT2D eigenvalue weighted by Crippen LogP contribution is -2.51. The van der Waals surface area contributed by atoms with Gasteiger partial charge in [-0.2, -0.15) is 5.10 Å². The zero-order valence-corrected chi connectivity index (χ0v) is 25.7. The van der Waals surface area contributed by atoms with Gasteiger partial charge in [0.05, 0.1) is 29.4 Å². The topological polar surface area (TPSA) is 106 Å². The minimum Gasteiger partial charge on any atom is -0.495 e. The molecule has 5 rings (SSSR count). The van der Waals surface area contributed by atoms with E-state index in [9.17, 15) is 14.7 Å². The Balaban J connectivity index is 1.33. The zero-order valence-electron chi connectivity index (χ0n) is 25.7. The van der Waals surface area contributed by atoms with Gasteiger partial charge in [-0.3, -0.25) is 9.48 Å². The molecule has 0 aliphatic carbocycles. The fourth-order valence-corrected chi connectivity index (χ4v) is 6.27. The van der Waals surface area contributed by atoms with Crippen LogP contribution in [0.4, 0.5) is 10.5 Å². The number of methoxy groups -OCH3 is 1. The van der Waals surface area contributed by atoms with Crippen molar-refractivity contribution in [3.05, 3.63) is 53.2 Å². The second kappa shape index (κ2) is 11.0. The van der Waals surface area contributed by atoms with Crippen molar-refractivity contribution in [2.75, 3.05) is 19.0 Å². The van der Waals surface area contributed by atoms with Gasteiger partial charge < -0.3 is 24.8 Å². The summed E-state index contributed by atoms with van der Waals surface area (Å²) in [4.78, 5) is 26.9. The van der Waals surface area contributed by atoms with E-state index in [2.05, 4.69) is 26.1 Å². The average molecular weight is 575 g/mol. The lowest BCUT2D eigenvalue weighted by Gasteiger charge is -2.44. The number of benzene rings is 2.